The Morgan fingerprint density at radius 1 is 1.19 bits per heavy atom. The minimum atomic E-state index is 0.390. The van der Waals surface area contributed by atoms with Crippen LogP contribution in [0.5, 0.6) is 0 Å². The van der Waals surface area contributed by atoms with Gasteiger partial charge in [0.15, 0.2) is 0 Å². The number of hydrogen-bond acceptors (Lipinski definition) is 8. The van der Waals surface area contributed by atoms with Crippen molar-refractivity contribution >= 4 is 44.9 Å². The monoisotopic (exact) mass is 386 g/mol. The first-order valence-electron chi connectivity index (χ1n) is 7.84. The molecule has 26 heavy (non-hydrogen) atoms. The van der Waals surface area contributed by atoms with Crippen molar-refractivity contribution in [2.45, 2.75) is 6.54 Å². The molecule has 1 aromatic carbocycles. The Kier molecular flexibility index (Phi) is 4.44. The number of benzene rings is 1. The predicted octanol–water partition coefficient (Wildman–Crippen LogP) is 4.07. The third-order valence-electron chi connectivity index (χ3n) is 3.70. The first kappa shape index (κ1) is 16.7. The highest BCUT2D eigenvalue weighted by molar-refractivity contribution is 7.22. The molecule has 9 heteroatoms. The van der Waals surface area contributed by atoms with Crippen LogP contribution in [0.25, 0.3) is 20.7 Å². The maximum absolute atomic E-state index is 5.97. The van der Waals surface area contributed by atoms with Crippen LogP contribution in [0.2, 0.25) is 5.02 Å². The van der Waals surface area contributed by atoms with Crippen molar-refractivity contribution in [2.75, 3.05) is 24.3 Å². The number of aromatic nitrogens is 4. The summed E-state index contributed by atoms with van der Waals surface area (Å²) in [5.74, 6) is 1.77. The standard InChI is InChI=1S/C17H15ClN6OS/c1-24(2)17-22-14(25-23-17)8-19-16-15-12(20-9-21-16)7-13(26-15)10-3-5-11(18)6-4-10/h3-7,9H,8H2,1-2H3,(H,19,20,21). The second-order valence-corrected chi connectivity index (χ2v) is 7.28. The van der Waals surface area contributed by atoms with E-state index >= 15 is 0 Å². The summed E-state index contributed by atoms with van der Waals surface area (Å²) in [7, 11) is 3.72. The van der Waals surface area contributed by atoms with Gasteiger partial charge in [-0.2, -0.15) is 4.98 Å². The van der Waals surface area contributed by atoms with Gasteiger partial charge in [-0.15, -0.1) is 11.3 Å². The van der Waals surface area contributed by atoms with Crippen LogP contribution in [-0.2, 0) is 6.54 Å². The molecule has 7 nitrogen and oxygen atoms in total. The third-order valence-corrected chi connectivity index (χ3v) is 5.14. The van der Waals surface area contributed by atoms with Gasteiger partial charge in [-0.05, 0) is 28.9 Å². The number of anilines is 2. The molecule has 0 bridgehead atoms. The van der Waals surface area contributed by atoms with Gasteiger partial charge >= 0.3 is 0 Å². The summed E-state index contributed by atoms with van der Waals surface area (Å²) in [6.07, 6.45) is 1.54. The van der Waals surface area contributed by atoms with E-state index in [0.29, 0.717) is 23.4 Å². The molecule has 0 aliphatic rings. The van der Waals surface area contributed by atoms with Gasteiger partial charge in [0.05, 0.1) is 16.8 Å². The molecule has 0 radical (unpaired) electrons. The number of halogens is 1. The molecule has 0 fully saturated rings. The Labute approximate surface area is 158 Å². The molecule has 0 aliphatic heterocycles. The van der Waals surface area contributed by atoms with Gasteiger partial charge in [0, 0.05) is 24.0 Å². The summed E-state index contributed by atoms with van der Waals surface area (Å²) in [5.41, 5.74) is 1.98. The van der Waals surface area contributed by atoms with Crippen LogP contribution in [0.15, 0.2) is 41.2 Å². The summed E-state index contributed by atoms with van der Waals surface area (Å²) in [4.78, 5) is 15.9. The van der Waals surface area contributed by atoms with E-state index in [1.54, 1.807) is 22.6 Å². The van der Waals surface area contributed by atoms with Crippen LogP contribution >= 0.6 is 22.9 Å². The molecule has 0 spiro atoms. The van der Waals surface area contributed by atoms with E-state index in [1.165, 1.54) is 0 Å². The highest BCUT2D eigenvalue weighted by Crippen LogP contribution is 2.36. The predicted molar refractivity (Wildman–Crippen MR) is 104 cm³/mol. The van der Waals surface area contributed by atoms with Crippen LogP contribution in [-0.4, -0.2) is 34.2 Å². The Balaban J connectivity index is 1.59. The average Bonchev–Trinajstić information content (AvgIpc) is 3.27. The van der Waals surface area contributed by atoms with Crippen molar-refractivity contribution in [1.29, 1.82) is 0 Å². The Morgan fingerprint density at radius 2 is 2.00 bits per heavy atom. The number of rotatable bonds is 5. The molecule has 3 aromatic heterocycles. The fourth-order valence-electron chi connectivity index (χ4n) is 2.40. The van der Waals surface area contributed by atoms with Crippen LogP contribution < -0.4 is 10.2 Å². The fourth-order valence-corrected chi connectivity index (χ4v) is 3.60. The van der Waals surface area contributed by atoms with Crippen molar-refractivity contribution in [3.63, 3.8) is 0 Å². The second kappa shape index (κ2) is 6.89. The molecular weight excluding hydrogens is 372 g/mol. The SMILES string of the molecule is CN(C)c1noc(CNc2ncnc3cc(-c4ccc(Cl)cc4)sc23)n1. The summed E-state index contributed by atoms with van der Waals surface area (Å²) in [6, 6.07) is 9.80. The van der Waals surface area contributed by atoms with Crippen molar-refractivity contribution in [3.8, 4) is 10.4 Å². The number of nitrogens with one attached hydrogen (secondary N) is 1. The van der Waals surface area contributed by atoms with Gasteiger partial charge in [-0.3, -0.25) is 0 Å². The van der Waals surface area contributed by atoms with E-state index in [0.717, 1.165) is 26.5 Å². The zero-order valence-electron chi connectivity index (χ0n) is 14.1. The summed E-state index contributed by atoms with van der Waals surface area (Å²) < 4.78 is 6.20. The third kappa shape index (κ3) is 3.33. The fraction of sp³-hybridized carbons (Fsp3) is 0.176. The molecule has 1 N–H and O–H groups in total. The topological polar surface area (TPSA) is 80.0 Å². The van der Waals surface area contributed by atoms with E-state index in [-0.39, 0.29) is 0 Å². The summed E-state index contributed by atoms with van der Waals surface area (Å²) in [6.45, 7) is 0.390. The number of fused-ring (bicyclic) bond motifs is 1. The van der Waals surface area contributed by atoms with Crippen LogP contribution in [0.1, 0.15) is 5.89 Å². The van der Waals surface area contributed by atoms with Crippen LogP contribution in [0.4, 0.5) is 11.8 Å². The molecule has 0 aliphatic carbocycles. The Morgan fingerprint density at radius 3 is 2.73 bits per heavy atom. The Hall–Kier alpha value is -2.71. The molecule has 4 rings (SSSR count). The van der Waals surface area contributed by atoms with E-state index < -0.39 is 0 Å². The van der Waals surface area contributed by atoms with Crippen LogP contribution in [0.3, 0.4) is 0 Å². The van der Waals surface area contributed by atoms with Gasteiger partial charge in [0.2, 0.25) is 5.89 Å². The first-order chi connectivity index (χ1) is 12.6. The molecular formula is C17H15ClN6OS. The van der Waals surface area contributed by atoms with Crippen molar-refractivity contribution in [1.82, 2.24) is 20.1 Å². The molecule has 0 amide bonds. The van der Waals surface area contributed by atoms with Crippen molar-refractivity contribution in [2.24, 2.45) is 0 Å². The maximum atomic E-state index is 5.97. The highest BCUT2D eigenvalue weighted by atomic mass is 35.5. The van der Waals surface area contributed by atoms with Gasteiger partial charge in [-0.1, -0.05) is 23.7 Å². The number of nitrogens with zero attached hydrogens (tertiary/aromatic N) is 5. The highest BCUT2D eigenvalue weighted by Gasteiger charge is 2.12. The summed E-state index contributed by atoms with van der Waals surface area (Å²) in [5, 5.41) is 7.87. The van der Waals surface area contributed by atoms with Gasteiger partial charge in [0.25, 0.3) is 5.95 Å². The molecule has 0 unspecified atom stereocenters. The lowest BCUT2D eigenvalue weighted by Gasteiger charge is -2.03. The quantitative estimate of drug-likeness (QED) is 0.553. The second-order valence-electron chi connectivity index (χ2n) is 5.79. The average molecular weight is 387 g/mol. The zero-order chi connectivity index (χ0) is 18.1. The number of hydrogen-bond donors (Lipinski definition) is 1. The minimum absolute atomic E-state index is 0.390. The molecule has 132 valence electrons. The number of thiophene rings is 1. The molecule has 0 saturated carbocycles. The van der Waals surface area contributed by atoms with E-state index in [4.69, 9.17) is 16.1 Å². The van der Waals surface area contributed by atoms with Gasteiger partial charge in [-0.25, -0.2) is 9.97 Å². The lowest BCUT2D eigenvalue weighted by molar-refractivity contribution is 0.383. The molecule has 3 heterocycles. The van der Waals surface area contributed by atoms with E-state index in [2.05, 4.69) is 25.4 Å². The molecule has 0 atom stereocenters. The zero-order valence-corrected chi connectivity index (χ0v) is 15.7. The van der Waals surface area contributed by atoms with E-state index in [9.17, 15) is 0 Å². The van der Waals surface area contributed by atoms with Crippen molar-refractivity contribution < 1.29 is 4.52 Å². The van der Waals surface area contributed by atoms with Gasteiger partial charge in [0.1, 0.15) is 12.1 Å². The Bertz CT molecular complexity index is 1040. The van der Waals surface area contributed by atoms with Crippen molar-refractivity contribution in [3.05, 3.63) is 47.6 Å². The lowest BCUT2D eigenvalue weighted by atomic mass is 10.2. The maximum Gasteiger partial charge on any atom is 0.265 e. The van der Waals surface area contributed by atoms with Crippen LogP contribution in [0, 0.1) is 0 Å². The minimum Gasteiger partial charge on any atom is -0.360 e. The normalized spacial score (nSPS) is 11.0. The van der Waals surface area contributed by atoms with Gasteiger partial charge < -0.3 is 14.7 Å². The molecule has 0 saturated heterocycles. The molecule has 4 aromatic rings. The van der Waals surface area contributed by atoms with E-state index in [1.807, 2.05) is 44.4 Å². The summed E-state index contributed by atoms with van der Waals surface area (Å²) >= 11 is 7.59. The lowest BCUT2D eigenvalue weighted by Crippen LogP contribution is -2.10. The largest absolute Gasteiger partial charge is 0.360 e. The first-order valence-corrected chi connectivity index (χ1v) is 9.04. The smallest absolute Gasteiger partial charge is 0.265 e.